The second kappa shape index (κ2) is 2.73. The summed E-state index contributed by atoms with van der Waals surface area (Å²) in [6.45, 7) is 9.88. The van der Waals surface area contributed by atoms with Crippen molar-refractivity contribution in [2.24, 2.45) is 11.3 Å². The highest BCUT2D eigenvalue weighted by Gasteiger charge is 2.48. The molecular weight excluding hydrogens is 146 g/mol. The van der Waals surface area contributed by atoms with Crippen molar-refractivity contribution in [1.82, 2.24) is 4.90 Å². The second-order valence-corrected chi connectivity index (χ2v) is 5.01. The van der Waals surface area contributed by atoms with Crippen LogP contribution in [-0.4, -0.2) is 24.0 Å². The standard InChI is InChI=1S/C11H21N/c1-4-11(9(2)3)7-12(8-11)10-5-6-10/h9-10H,4-8H2,1-3H3. The highest BCUT2D eigenvalue weighted by molar-refractivity contribution is 5.01. The number of hydrogen-bond donors (Lipinski definition) is 0. The third-order valence-corrected chi connectivity index (χ3v) is 4.03. The average molecular weight is 167 g/mol. The van der Waals surface area contributed by atoms with Gasteiger partial charge in [0.15, 0.2) is 0 Å². The van der Waals surface area contributed by atoms with Crippen LogP contribution in [-0.2, 0) is 0 Å². The summed E-state index contributed by atoms with van der Waals surface area (Å²) in [6.07, 6.45) is 4.31. The van der Waals surface area contributed by atoms with Crippen molar-refractivity contribution in [1.29, 1.82) is 0 Å². The first-order chi connectivity index (χ1) is 5.68. The van der Waals surface area contributed by atoms with Gasteiger partial charge in [-0.2, -0.15) is 0 Å². The third-order valence-electron chi connectivity index (χ3n) is 4.03. The van der Waals surface area contributed by atoms with Gasteiger partial charge in [-0.15, -0.1) is 0 Å². The minimum Gasteiger partial charge on any atom is -0.299 e. The van der Waals surface area contributed by atoms with Gasteiger partial charge < -0.3 is 0 Å². The molecule has 1 aliphatic carbocycles. The van der Waals surface area contributed by atoms with Crippen LogP contribution in [0.5, 0.6) is 0 Å². The van der Waals surface area contributed by atoms with E-state index in [9.17, 15) is 0 Å². The largest absolute Gasteiger partial charge is 0.299 e. The van der Waals surface area contributed by atoms with E-state index < -0.39 is 0 Å². The fourth-order valence-corrected chi connectivity index (χ4v) is 2.46. The molecule has 0 radical (unpaired) electrons. The fraction of sp³-hybridized carbons (Fsp3) is 1.00. The molecule has 70 valence electrons. The summed E-state index contributed by atoms with van der Waals surface area (Å²) in [5, 5.41) is 0. The van der Waals surface area contributed by atoms with Crippen molar-refractivity contribution in [3.63, 3.8) is 0 Å². The molecule has 0 atom stereocenters. The Kier molecular flexibility index (Phi) is 1.95. The molecule has 0 bridgehead atoms. The number of likely N-dealkylation sites (tertiary alicyclic amines) is 1. The van der Waals surface area contributed by atoms with Gasteiger partial charge in [0, 0.05) is 19.1 Å². The Hall–Kier alpha value is -0.0400. The minimum atomic E-state index is 0.683. The highest BCUT2D eigenvalue weighted by atomic mass is 15.3. The number of nitrogens with zero attached hydrogens (tertiary/aromatic N) is 1. The molecule has 0 aromatic carbocycles. The molecule has 2 rings (SSSR count). The van der Waals surface area contributed by atoms with Crippen LogP contribution in [0.4, 0.5) is 0 Å². The van der Waals surface area contributed by atoms with Crippen molar-refractivity contribution in [2.45, 2.75) is 46.1 Å². The molecule has 2 fully saturated rings. The van der Waals surface area contributed by atoms with Crippen LogP contribution in [0.25, 0.3) is 0 Å². The number of rotatable bonds is 3. The predicted molar refractivity (Wildman–Crippen MR) is 52.2 cm³/mol. The van der Waals surface area contributed by atoms with Gasteiger partial charge in [0.2, 0.25) is 0 Å². The first kappa shape index (κ1) is 8.55. The Morgan fingerprint density at radius 2 is 1.92 bits per heavy atom. The minimum absolute atomic E-state index is 0.683. The summed E-state index contributed by atoms with van der Waals surface area (Å²) in [6, 6.07) is 0.989. The smallest absolute Gasteiger partial charge is 0.00969 e. The van der Waals surface area contributed by atoms with E-state index in [0.717, 1.165) is 12.0 Å². The van der Waals surface area contributed by atoms with Crippen molar-refractivity contribution >= 4 is 0 Å². The molecule has 0 aromatic rings. The first-order valence-electron chi connectivity index (χ1n) is 5.42. The normalized spacial score (nSPS) is 29.0. The van der Waals surface area contributed by atoms with Crippen molar-refractivity contribution < 1.29 is 0 Å². The third kappa shape index (κ3) is 1.19. The predicted octanol–water partition coefficient (Wildman–Crippen LogP) is 2.52. The summed E-state index contributed by atoms with van der Waals surface area (Å²) >= 11 is 0. The van der Waals surface area contributed by atoms with Gasteiger partial charge >= 0.3 is 0 Å². The Labute approximate surface area is 76.1 Å². The molecular formula is C11H21N. The molecule has 0 amide bonds. The van der Waals surface area contributed by atoms with Crippen LogP contribution in [0.3, 0.4) is 0 Å². The Morgan fingerprint density at radius 3 is 2.25 bits per heavy atom. The highest BCUT2D eigenvalue weighted by Crippen LogP contribution is 2.45. The van der Waals surface area contributed by atoms with Crippen LogP contribution in [0.15, 0.2) is 0 Å². The van der Waals surface area contributed by atoms with Gasteiger partial charge in [-0.3, -0.25) is 4.90 Å². The van der Waals surface area contributed by atoms with Gasteiger partial charge in [-0.1, -0.05) is 20.8 Å². The van der Waals surface area contributed by atoms with Gasteiger partial charge in [-0.05, 0) is 30.6 Å². The monoisotopic (exact) mass is 167 g/mol. The van der Waals surface area contributed by atoms with Crippen molar-refractivity contribution in [3.8, 4) is 0 Å². The van der Waals surface area contributed by atoms with E-state index in [-0.39, 0.29) is 0 Å². The molecule has 0 unspecified atom stereocenters. The van der Waals surface area contributed by atoms with Gasteiger partial charge in [-0.25, -0.2) is 0 Å². The van der Waals surface area contributed by atoms with E-state index in [1.807, 2.05) is 0 Å². The molecule has 1 nitrogen and oxygen atoms in total. The molecule has 1 heteroatoms. The number of hydrogen-bond acceptors (Lipinski definition) is 1. The lowest BCUT2D eigenvalue weighted by atomic mass is 9.69. The summed E-state index contributed by atoms with van der Waals surface area (Å²) in [5.74, 6) is 0.873. The molecule has 1 heterocycles. The molecule has 12 heavy (non-hydrogen) atoms. The van der Waals surface area contributed by atoms with Gasteiger partial charge in [0.1, 0.15) is 0 Å². The molecule has 1 saturated heterocycles. The molecule has 1 saturated carbocycles. The average Bonchev–Trinajstić information content (AvgIpc) is 2.68. The summed E-state index contributed by atoms with van der Waals surface area (Å²) in [7, 11) is 0. The zero-order valence-electron chi connectivity index (χ0n) is 8.64. The summed E-state index contributed by atoms with van der Waals surface area (Å²) in [5.41, 5.74) is 0.683. The Bertz CT molecular complexity index is 164. The lowest BCUT2D eigenvalue weighted by molar-refractivity contribution is -0.0445. The quantitative estimate of drug-likeness (QED) is 0.624. The second-order valence-electron chi connectivity index (χ2n) is 5.01. The van der Waals surface area contributed by atoms with Crippen molar-refractivity contribution in [3.05, 3.63) is 0 Å². The molecule has 0 N–H and O–H groups in total. The summed E-state index contributed by atoms with van der Waals surface area (Å²) < 4.78 is 0. The Morgan fingerprint density at radius 1 is 1.33 bits per heavy atom. The van der Waals surface area contributed by atoms with E-state index in [1.54, 1.807) is 0 Å². The summed E-state index contributed by atoms with van der Waals surface area (Å²) in [4.78, 5) is 2.68. The van der Waals surface area contributed by atoms with Crippen LogP contribution < -0.4 is 0 Å². The van der Waals surface area contributed by atoms with E-state index in [0.29, 0.717) is 5.41 Å². The maximum atomic E-state index is 2.68. The molecule has 1 aliphatic heterocycles. The van der Waals surface area contributed by atoms with E-state index >= 15 is 0 Å². The molecule has 2 aliphatic rings. The van der Waals surface area contributed by atoms with E-state index in [1.165, 1.54) is 32.4 Å². The van der Waals surface area contributed by atoms with E-state index in [4.69, 9.17) is 0 Å². The van der Waals surface area contributed by atoms with Crippen LogP contribution in [0.1, 0.15) is 40.0 Å². The van der Waals surface area contributed by atoms with Crippen molar-refractivity contribution in [2.75, 3.05) is 13.1 Å². The maximum Gasteiger partial charge on any atom is 0.00969 e. The van der Waals surface area contributed by atoms with E-state index in [2.05, 4.69) is 25.7 Å². The van der Waals surface area contributed by atoms with Crippen LogP contribution >= 0.6 is 0 Å². The van der Waals surface area contributed by atoms with Crippen LogP contribution in [0.2, 0.25) is 0 Å². The lowest BCUT2D eigenvalue weighted by Crippen LogP contribution is -2.59. The lowest BCUT2D eigenvalue weighted by Gasteiger charge is -2.53. The molecule has 0 spiro atoms. The molecule has 0 aromatic heterocycles. The zero-order valence-corrected chi connectivity index (χ0v) is 8.64. The van der Waals surface area contributed by atoms with Gasteiger partial charge in [0.25, 0.3) is 0 Å². The van der Waals surface area contributed by atoms with Crippen LogP contribution in [0, 0.1) is 11.3 Å². The van der Waals surface area contributed by atoms with Gasteiger partial charge in [0.05, 0.1) is 0 Å². The SMILES string of the molecule is CCC1(C(C)C)CN(C2CC2)C1. The Balaban J connectivity index is 1.89. The maximum absolute atomic E-state index is 2.68. The zero-order chi connectivity index (χ0) is 8.77. The first-order valence-corrected chi connectivity index (χ1v) is 5.42. The topological polar surface area (TPSA) is 3.24 Å². The fourth-order valence-electron chi connectivity index (χ4n) is 2.46.